The Kier molecular flexibility index (Phi) is 4.02. The summed E-state index contributed by atoms with van der Waals surface area (Å²) >= 11 is 0. The average Bonchev–Trinajstić information content (AvgIpc) is 1.83. The number of hydrogen-bond donors (Lipinski definition) is 2. The number of carbonyl (C=O) groups is 1. The van der Waals surface area contributed by atoms with Crippen LogP contribution in [0.5, 0.6) is 0 Å². The molecule has 0 radical (unpaired) electrons. The van der Waals surface area contributed by atoms with Crippen LogP contribution in [0.2, 0.25) is 0 Å². The van der Waals surface area contributed by atoms with Gasteiger partial charge in [-0.1, -0.05) is 0 Å². The molecule has 12 heavy (non-hydrogen) atoms. The number of halogens is 3. The van der Waals surface area contributed by atoms with Crippen LogP contribution in [0.15, 0.2) is 0 Å². The lowest BCUT2D eigenvalue weighted by atomic mass is 10.1. The van der Waals surface area contributed by atoms with Gasteiger partial charge in [0, 0.05) is 6.54 Å². The molecule has 0 aromatic rings. The first-order valence-electron chi connectivity index (χ1n) is 3.31. The Labute approximate surface area is 67.6 Å². The van der Waals surface area contributed by atoms with E-state index in [2.05, 4.69) is 5.32 Å². The van der Waals surface area contributed by atoms with E-state index >= 15 is 0 Å². The largest absolute Gasteiger partial charge is 0.481 e. The molecule has 0 aliphatic rings. The summed E-state index contributed by atoms with van der Waals surface area (Å²) < 4.78 is 35.1. The first-order chi connectivity index (χ1) is 5.37. The first-order valence-corrected chi connectivity index (χ1v) is 3.31. The van der Waals surface area contributed by atoms with Crippen LogP contribution in [0, 0.1) is 5.92 Å². The highest BCUT2D eigenvalue weighted by Crippen LogP contribution is 2.24. The molecule has 2 N–H and O–H groups in total. The van der Waals surface area contributed by atoms with Crippen LogP contribution in [-0.2, 0) is 4.79 Å². The second kappa shape index (κ2) is 4.30. The minimum atomic E-state index is -4.42. The minimum absolute atomic E-state index is 0.172. The fourth-order valence-electron chi connectivity index (χ4n) is 0.773. The predicted molar refractivity (Wildman–Crippen MR) is 35.7 cm³/mol. The summed E-state index contributed by atoms with van der Waals surface area (Å²) in [6.45, 7) is -0.172. The Bertz CT molecular complexity index is 157. The second-order valence-corrected chi connectivity index (χ2v) is 2.41. The van der Waals surface area contributed by atoms with Crippen molar-refractivity contribution < 1.29 is 23.1 Å². The maximum atomic E-state index is 11.7. The van der Waals surface area contributed by atoms with Gasteiger partial charge in [-0.2, -0.15) is 13.2 Å². The van der Waals surface area contributed by atoms with Gasteiger partial charge in [-0.05, 0) is 7.05 Å². The van der Waals surface area contributed by atoms with Crippen LogP contribution in [-0.4, -0.2) is 30.8 Å². The topological polar surface area (TPSA) is 49.3 Å². The fourth-order valence-corrected chi connectivity index (χ4v) is 0.773. The van der Waals surface area contributed by atoms with Gasteiger partial charge in [0.05, 0.1) is 12.3 Å². The number of alkyl halides is 3. The molecule has 0 heterocycles. The van der Waals surface area contributed by atoms with Crippen LogP contribution in [0.4, 0.5) is 13.2 Å². The summed E-state index contributed by atoms with van der Waals surface area (Å²) in [7, 11) is 1.41. The van der Waals surface area contributed by atoms with Gasteiger partial charge < -0.3 is 10.4 Å². The van der Waals surface area contributed by atoms with E-state index in [9.17, 15) is 18.0 Å². The van der Waals surface area contributed by atoms with Gasteiger partial charge in [0.1, 0.15) is 0 Å². The number of nitrogens with one attached hydrogen (secondary N) is 1. The van der Waals surface area contributed by atoms with Gasteiger partial charge >= 0.3 is 12.1 Å². The Hall–Kier alpha value is -0.780. The lowest BCUT2D eigenvalue weighted by molar-refractivity contribution is -0.163. The highest BCUT2D eigenvalue weighted by molar-refractivity contribution is 5.70. The van der Waals surface area contributed by atoms with E-state index in [1.807, 2.05) is 0 Å². The third-order valence-corrected chi connectivity index (χ3v) is 1.28. The zero-order valence-corrected chi connectivity index (χ0v) is 6.48. The van der Waals surface area contributed by atoms with Crippen LogP contribution >= 0.6 is 0 Å². The van der Waals surface area contributed by atoms with Crippen LogP contribution < -0.4 is 5.32 Å². The molecule has 0 aromatic carbocycles. The van der Waals surface area contributed by atoms with E-state index < -0.39 is 24.5 Å². The lowest BCUT2D eigenvalue weighted by Crippen LogP contribution is -2.30. The molecule has 3 nitrogen and oxygen atoms in total. The van der Waals surface area contributed by atoms with Gasteiger partial charge in [0.15, 0.2) is 0 Å². The quantitative estimate of drug-likeness (QED) is 0.682. The monoisotopic (exact) mass is 185 g/mol. The number of rotatable bonds is 4. The van der Waals surface area contributed by atoms with Crippen LogP contribution in [0.25, 0.3) is 0 Å². The average molecular weight is 185 g/mol. The van der Waals surface area contributed by atoms with E-state index in [0.717, 1.165) is 0 Å². The van der Waals surface area contributed by atoms with Gasteiger partial charge in [-0.3, -0.25) is 4.79 Å². The lowest BCUT2D eigenvalue weighted by Gasteiger charge is -2.13. The molecule has 1 unspecified atom stereocenters. The summed E-state index contributed by atoms with van der Waals surface area (Å²) in [6.07, 6.45) is -5.71. The summed E-state index contributed by atoms with van der Waals surface area (Å²) in [5.74, 6) is -2.82. The molecule has 1 atom stereocenters. The van der Waals surface area contributed by atoms with Crippen LogP contribution in [0.3, 0.4) is 0 Å². The first kappa shape index (κ1) is 11.2. The van der Waals surface area contributed by atoms with Crippen molar-refractivity contribution in [1.29, 1.82) is 0 Å². The van der Waals surface area contributed by atoms with Crippen molar-refractivity contribution in [3.63, 3.8) is 0 Å². The van der Waals surface area contributed by atoms with Crippen molar-refractivity contribution in [2.24, 2.45) is 5.92 Å². The van der Waals surface area contributed by atoms with Gasteiger partial charge in [0.2, 0.25) is 0 Å². The zero-order chi connectivity index (χ0) is 9.78. The SMILES string of the molecule is CNCC(CC(F)(F)F)C(=O)O. The predicted octanol–water partition coefficient (Wildman–Crippen LogP) is 0.859. The van der Waals surface area contributed by atoms with Crippen molar-refractivity contribution in [3.8, 4) is 0 Å². The Morgan fingerprint density at radius 2 is 2.08 bits per heavy atom. The van der Waals surface area contributed by atoms with Crippen molar-refractivity contribution in [1.82, 2.24) is 5.32 Å². The molecule has 0 saturated heterocycles. The molecule has 6 heteroatoms. The highest BCUT2D eigenvalue weighted by atomic mass is 19.4. The standard InChI is InChI=1S/C6H10F3NO2/c1-10-3-4(5(11)12)2-6(7,8)9/h4,10H,2-3H2,1H3,(H,11,12). The maximum absolute atomic E-state index is 11.7. The number of hydrogen-bond acceptors (Lipinski definition) is 2. The third-order valence-electron chi connectivity index (χ3n) is 1.28. The van der Waals surface area contributed by atoms with E-state index in [0.29, 0.717) is 0 Å². The molecular weight excluding hydrogens is 175 g/mol. The van der Waals surface area contributed by atoms with Gasteiger partial charge in [-0.15, -0.1) is 0 Å². The number of aliphatic carboxylic acids is 1. The fraction of sp³-hybridized carbons (Fsp3) is 0.833. The summed E-state index contributed by atoms with van der Waals surface area (Å²) in [5.41, 5.74) is 0. The molecule has 0 spiro atoms. The Morgan fingerprint density at radius 1 is 1.58 bits per heavy atom. The van der Waals surface area contributed by atoms with Crippen molar-refractivity contribution in [2.45, 2.75) is 12.6 Å². The van der Waals surface area contributed by atoms with E-state index in [1.54, 1.807) is 0 Å². The zero-order valence-electron chi connectivity index (χ0n) is 6.48. The molecule has 0 amide bonds. The molecule has 0 fully saturated rings. The summed E-state index contributed by atoms with van der Waals surface area (Å²) in [6, 6.07) is 0. The molecule has 0 aromatic heterocycles. The third kappa shape index (κ3) is 4.95. The minimum Gasteiger partial charge on any atom is -0.481 e. The Morgan fingerprint density at radius 3 is 2.33 bits per heavy atom. The Balaban J connectivity index is 4.05. The highest BCUT2D eigenvalue weighted by Gasteiger charge is 2.34. The van der Waals surface area contributed by atoms with Crippen molar-refractivity contribution in [2.75, 3.05) is 13.6 Å². The molecule has 72 valence electrons. The molecule has 0 saturated carbocycles. The van der Waals surface area contributed by atoms with E-state index in [4.69, 9.17) is 5.11 Å². The van der Waals surface area contributed by atoms with E-state index in [1.165, 1.54) is 7.05 Å². The smallest absolute Gasteiger partial charge is 0.390 e. The van der Waals surface area contributed by atoms with Gasteiger partial charge in [0.25, 0.3) is 0 Å². The second-order valence-electron chi connectivity index (χ2n) is 2.41. The summed E-state index contributed by atoms with van der Waals surface area (Å²) in [5, 5.41) is 10.7. The number of carboxylic acid groups (broad SMARTS) is 1. The van der Waals surface area contributed by atoms with E-state index in [-0.39, 0.29) is 6.54 Å². The molecule has 0 rings (SSSR count). The molecule has 0 aliphatic heterocycles. The molecular formula is C6H10F3NO2. The van der Waals surface area contributed by atoms with Crippen LogP contribution in [0.1, 0.15) is 6.42 Å². The summed E-state index contributed by atoms with van der Waals surface area (Å²) in [4.78, 5) is 10.2. The van der Waals surface area contributed by atoms with Crippen molar-refractivity contribution >= 4 is 5.97 Å². The molecule has 0 aliphatic carbocycles. The maximum Gasteiger partial charge on any atom is 0.390 e. The normalized spacial score (nSPS) is 14.3. The van der Waals surface area contributed by atoms with Crippen molar-refractivity contribution in [3.05, 3.63) is 0 Å². The van der Waals surface area contributed by atoms with Gasteiger partial charge in [-0.25, -0.2) is 0 Å². The molecule has 0 bridgehead atoms. The number of carboxylic acids is 1.